The van der Waals surface area contributed by atoms with Gasteiger partial charge < -0.3 is 20.3 Å². The second kappa shape index (κ2) is 10.9. The fraction of sp³-hybridized carbons (Fsp3) is 0.600. The van der Waals surface area contributed by atoms with Gasteiger partial charge in [0.1, 0.15) is 5.75 Å². The highest BCUT2D eigenvalue weighted by Gasteiger charge is 2.28. The van der Waals surface area contributed by atoms with Crippen LogP contribution in [0, 0.1) is 0 Å². The Balaban J connectivity index is 1.96. The number of carbonyl (C=O) groups is 1. The van der Waals surface area contributed by atoms with E-state index < -0.39 is 12.8 Å². The van der Waals surface area contributed by atoms with Gasteiger partial charge in [0.05, 0.1) is 13.1 Å². The Morgan fingerprint density at radius 1 is 1.17 bits per heavy atom. The van der Waals surface area contributed by atoms with Gasteiger partial charge in [-0.2, -0.15) is 13.2 Å². The first-order chi connectivity index (χ1) is 13.7. The Morgan fingerprint density at radius 2 is 1.83 bits per heavy atom. The number of benzene rings is 1. The third-order valence-corrected chi connectivity index (χ3v) is 4.60. The van der Waals surface area contributed by atoms with E-state index in [2.05, 4.69) is 15.6 Å². The Hall–Kier alpha value is -2.45. The molecular weight excluding hydrogens is 385 g/mol. The summed E-state index contributed by atoms with van der Waals surface area (Å²) in [6.07, 6.45) is 1.33. The van der Waals surface area contributed by atoms with Gasteiger partial charge in [-0.1, -0.05) is 31.4 Å². The molecule has 9 heteroatoms. The Labute approximate surface area is 169 Å². The van der Waals surface area contributed by atoms with Gasteiger partial charge in [-0.05, 0) is 30.5 Å². The van der Waals surface area contributed by atoms with Gasteiger partial charge in [0.25, 0.3) is 0 Å². The molecule has 162 valence electrons. The molecule has 0 spiro atoms. The summed E-state index contributed by atoms with van der Waals surface area (Å²) in [4.78, 5) is 17.9. The van der Waals surface area contributed by atoms with Crippen LogP contribution in [0.15, 0.2) is 29.3 Å². The number of amides is 1. The van der Waals surface area contributed by atoms with E-state index in [0.717, 1.165) is 18.4 Å². The van der Waals surface area contributed by atoms with E-state index in [1.54, 1.807) is 26.2 Å². The summed E-state index contributed by atoms with van der Waals surface area (Å²) in [5.41, 5.74) is 0.827. The van der Waals surface area contributed by atoms with Gasteiger partial charge in [0.15, 0.2) is 12.6 Å². The van der Waals surface area contributed by atoms with Gasteiger partial charge in [0, 0.05) is 20.1 Å². The lowest BCUT2D eigenvalue weighted by Gasteiger charge is -2.25. The third kappa shape index (κ3) is 9.06. The molecule has 0 radical (unpaired) electrons. The fourth-order valence-corrected chi connectivity index (χ4v) is 2.94. The van der Waals surface area contributed by atoms with Gasteiger partial charge in [0.2, 0.25) is 5.91 Å². The molecule has 1 aromatic carbocycles. The summed E-state index contributed by atoms with van der Waals surface area (Å²) < 4.78 is 41.4. The van der Waals surface area contributed by atoms with Crippen LogP contribution in [0.1, 0.15) is 37.7 Å². The fourth-order valence-electron chi connectivity index (χ4n) is 2.94. The van der Waals surface area contributed by atoms with Crippen LogP contribution >= 0.6 is 0 Å². The number of likely N-dealkylation sites (N-methyl/N-ethyl adjacent to an activating group) is 1. The molecule has 1 amide bonds. The minimum absolute atomic E-state index is 0.0608. The molecule has 0 aliphatic heterocycles. The number of carbonyl (C=O) groups excluding carboxylic acids is 1. The standard InChI is InChI=1S/C20H29F3N4O2/c1-27(2)18(28)13-25-19(26-16-6-4-3-5-7-16)24-12-15-8-10-17(11-9-15)29-14-20(21,22)23/h8-11,16H,3-7,12-14H2,1-2H3,(H2,24,25,26). The highest BCUT2D eigenvalue weighted by Crippen LogP contribution is 2.19. The minimum Gasteiger partial charge on any atom is -0.484 e. The van der Waals surface area contributed by atoms with E-state index in [1.807, 2.05) is 0 Å². The van der Waals surface area contributed by atoms with Crippen molar-refractivity contribution in [1.82, 2.24) is 15.5 Å². The Morgan fingerprint density at radius 3 is 2.41 bits per heavy atom. The number of hydrogen-bond acceptors (Lipinski definition) is 3. The van der Waals surface area contributed by atoms with Crippen LogP contribution in [0.3, 0.4) is 0 Å². The SMILES string of the molecule is CN(C)C(=O)CNC(=NCc1ccc(OCC(F)(F)F)cc1)NC1CCCCC1. The average Bonchev–Trinajstić information content (AvgIpc) is 2.69. The van der Waals surface area contributed by atoms with Crippen molar-refractivity contribution < 1.29 is 22.7 Å². The number of aliphatic imine (C=N–C) groups is 1. The summed E-state index contributed by atoms with van der Waals surface area (Å²) in [6, 6.07) is 6.67. The maximum atomic E-state index is 12.2. The molecule has 1 saturated carbocycles. The first-order valence-corrected chi connectivity index (χ1v) is 9.76. The quantitative estimate of drug-likeness (QED) is 0.532. The predicted molar refractivity (Wildman–Crippen MR) is 106 cm³/mol. The molecule has 0 bridgehead atoms. The van der Waals surface area contributed by atoms with E-state index in [9.17, 15) is 18.0 Å². The van der Waals surface area contributed by atoms with Crippen molar-refractivity contribution in [2.75, 3.05) is 27.2 Å². The van der Waals surface area contributed by atoms with Crippen molar-refractivity contribution in [2.45, 2.75) is 50.9 Å². The second-order valence-electron chi connectivity index (χ2n) is 7.33. The maximum Gasteiger partial charge on any atom is 0.422 e. The van der Waals surface area contributed by atoms with Crippen molar-refractivity contribution in [3.05, 3.63) is 29.8 Å². The van der Waals surface area contributed by atoms with Crippen LogP contribution in [0.25, 0.3) is 0 Å². The highest BCUT2D eigenvalue weighted by atomic mass is 19.4. The largest absolute Gasteiger partial charge is 0.484 e. The molecule has 1 aromatic rings. The first-order valence-electron chi connectivity index (χ1n) is 9.76. The lowest BCUT2D eigenvalue weighted by molar-refractivity contribution is -0.153. The number of nitrogens with one attached hydrogen (secondary N) is 2. The normalized spacial score (nSPS) is 15.7. The molecule has 0 heterocycles. The van der Waals surface area contributed by atoms with E-state index in [1.165, 1.54) is 36.3 Å². The number of halogens is 3. The number of ether oxygens (including phenoxy) is 1. The summed E-state index contributed by atoms with van der Waals surface area (Å²) in [7, 11) is 3.38. The second-order valence-corrected chi connectivity index (χ2v) is 7.33. The van der Waals surface area contributed by atoms with Crippen molar-refractivity contribution in [3.63, 3.8) is 0 Å². The lowest BCUT2D eigenvalue weighted by Crippen LogP contribution is -2.47. The van der Waals surface area contributed by atoms with Crippen molar-refractivity contribution in [2.24, 2.45) is 4.99 Å². The molecule has 0 saturated heterocycles. The number of hydrogen-bond donors (Lipinski definition) is 2. The van der Waals surface area contributed by atoms with Gasteiger partial charge in [-0.25, -0.2) is 4.99 Å². The van der Waals surface area contributed by atoms with Gasteiger partial charge in [-0.15, -0.1) is 0 Å². The smallest absolute Gasteiger partial charge is 0.422 e. The predicted octanol–water partition coefficient (Wildman–Crippen LogP) is 3.08. The van der Waals surface area contributed by atoms with E-state index in [4.69, 9.17) is 4.74 Å². The summed E-state index contributed by atoms with van der Waals surface area (Å²) in [6.45, 7) is -0.850. The molecule has 29 heavy (non-hydrogen) atoms. The van der Waals surface area contributed by atoms with Crippen molar-refractivity contribution >= 4 is 11.9 Å². The van der Waals surface area contributed by atoms with Crippen LogP contribution in [0.2, 0.25) is 0 Å². The van der Waals surface area contributed by atoms with Crippen LogP contribution in [0.5, 0.6) is 5.75 Å². The number of alkyl halides is 3. The monoisotopic (exact) mass is 414 g/mol. The lowest BCUT2D eigenvalue weighted by atomic mass is 9.96. The average molecular weight is 414 g/mol. The van der Waals surface area contributed by atoms with Crippen LogP contribution < -0.4 is 15.4 Å². The minimum atomic E-state index is -4.36. The zero-order chi connectivity index (χ0) is 21.3. The van der Waals surface area contributed by atoms with E-state index in [0.29, 0.717) is 18.5 Å². The van der Waals surface area contributed by atoms with Crippen LogP contribution in [0.4, 0.5) is 13.2 Å². The maximum absolute atomic E-state index is 12.2. The van der Waals surface area contributed by atoms with Crippen LogP contribution in [-0.4, -0.2) is 56.2 Å². The third-order valence-electron chi connectivity index (χ3n) is 4.60. The topological polar surface area (TPSA) is 66.0 Å². The molecule has 2 N–H and O–H groups in total. The van der Waals surface area contributed by atoms with Crippen molar-refractivity contribution in [3.8, 4) is 5.75 Å². The number of guanidine groups is 1. The Bertz CT molecular complexity index is 669. The Kier molecular flexibility index (Phi) is 8.60. The molecule has 2 rings (SSSR count). The van der Waals surface area contributed by atoms with Gasteiger partial charge >= 0.3 is 6.18 Å². The summed E-state index contributed by atoms with van der Waals surface area (Å²) >= 11 is 0. The summed E-state index contributed by atoms with van der Waals surface area (Å²) in [5.74, 6) is 0.657. The molecule has 6 nitrogen and oxygen atoms in total. The number of rotatable bonds is 7. The molecule has 0 aromatic heterocycles. The molecule has 1 aliphatic rings. The molecule has 1 fully saturated rings. The highest BCUT2D eigenvalue weighted by molar-refractivity contribution is 5.86. The van der Waals surface area contributed by atoms with E-state index in [-0.39, 0.29) is 18.2 Å². The van der Waals surface area contributed by atoms with E-state index >= 15 is 0 Å². The zero-order valence-corrected chi connectivity index (χ0v) is 16.9. The molecule has 0 atom stereocenters. The molecular formula is C20H29F3N4O2. The molecule has 0 unspecified atom stereocenters. The van der Waals surface area contributed by atoms with Crippen molar-refractivity contribution in [1.29, 1.82) is 0 Å². The zero-order valence-electron chi connectivity index (χ0n) is 16.9. The molecule has 1 aliphatic carbocycles. The number of nitrogens with zero attached hydrogens (tertiary/aromatic N) is 2. The first kappa shape index (κ1) is 22.8. The summed E-state index contributed by atoms with van der Waals surface area (Å²) in [5, 5.41) is 6.45. The van der Waals surface area contributed by atoms with Gasteiger partial charge in [-0.3, -0.25) is 4.79 Å². The van der Waals surface area contributed by atoms with Crippen LogP contribution in [-0.2, 0) is 11.3 Å².